The highest BCUT2D eigenvalue weighted by atomic mass is 32.1. The van der Waals surface area contributed by atoms with E-state index < -0.39 is 0 Å². The number of anilines is 1. The summed E-state index contributed by atoms with van der Waals surface area (Å²) < 4.78 is 5.04. The summed E-state index contributed by atoms with van der Waals surface area (Å²) in [6, 6.07) is 14.3. The van der Waals surface area contributed by atoms with Gasteiger partial charge in [0, 0.05) is 44.8 Å². The first-order valence-corrected chi connectivity index (χ1v) is 10.7. The van der Waals surface area contributed by atoms with Crippen molar-refractivity contribution in [3.05, 3.63) is 70.9 Å². The Labute approximate surface area is 182 Å². The van der Waals surface area contributed by atoms with Gasteiger partial charge in [0.2, 0.25) is 0 Å². The topological polar surface area (TPSA) is 53.0 Å². The Bertz CT molecular complexity index is 1110. The van der Waals surface area contributed by atoms with Gasteiger partial charge in [-0.05, 0) is 41.9 Å². The first-order valence-electron chi connectivity index (χ1n) is 10.3. The smallest absolute Gasteiger partial charge is 0.185 e. The molecule has 0 atom stereocenters. The van der Waals surface area contributed by atoms with Crippen LogP contribution in [0.2, 0.25) is 0 Å². The first-order chi connectivity index (χ1) is 14.6. The molecule has 1 aliphatic rings. The van der Waals surface area contributed by atoms with Crippen LogP contribution in [0.3, 0.4) is 0 Å². The monoisotopic (exact) mass is 418 g/mol. The van der Waals surface area contributed by atoms with Crippen molar-refractivity contribution < 1.29 is 0 Å². The number of nitrogens with zero attached hydrogens (tertiary/aromatic N) is 6. The van der Waals surface area contributed by atoms with Gasteiger partial charge in [0.25, 0.3) is 0 Å². The highest BCUT2D eigenvalue weighted by molar-refractivity contribution is 7.71. The number of imidazole rings is 1. The summed E-state index contributed by atoms with van der Waals surface area (Å²) in [6.07, 6.45) is 5.88. The van der Waals surface area contributed by atoms with Crippen molar-refractivity contribution in [3.8, 4) is 11.8 Å². The number of pyridine rings is 1. The molecule has 30 heavy (non-hydrogen) atoms. The van der Waals surface area contributed by atoms with Gasteiger partial charge in [-0.1, -0.05) is 32.0 Å². The largest absolute Gasteiger partial charge is 0.353 e. The molecule has 154 valence electrons. The highest BCUT2D eigenvalue weighted by Gasteiger charge is 2.20. The fourth-order valence-electron chi connectivity index (χ4n) is 3.95. The van der Waals surface area contributed by atoms with E-state index in [1.54, 1.807) is 6.20 Å². The van der Waals surface area contributed by atoms with Crippen LogP contribution in [0, 0.1) is 16.1 Å². The van der Waals surface area contributed by atoms with Gasteiger partial charge in [-0.3, -0.25) is 9.47 Å². The number of hydrogen-bond acceptors (Lipinski definition) is 5. The number of benzene rings is 1. The van der Waals surface area contributed by atoms with Crippen LogP contribution >= 0.6 is 12.2 Å². The average molecular weight is 419 g/mol. The molecule has 0 amide bonds. The molecule has 4 rings (SSSR count). The van der Waals surface area contributed by atoms with Gasteiger partial charge in [-0.2, -0.15) is 5.26 Å². The molecule has 3 heterocycles. The second-order valence-corrected chi connectivity index (χ2v) is 8.23. The number of hydrogen-bond donors (Lipinski definition) is 0. The van der Waals surface area contributed by atoms with E-state index in [2.05, 4.69) is 80.5 Å². The molecule has 0 N–H and O–H groups in total. The number of rotatable bonds is 5. The van der Waals surface area contributed by atoms with E-state index in [4.69, 9.17) is 12.2 Å². The van der Waals surface area contributed by atoms with Crippen LogP contribution in [-0.2, 0) is 6.67 Å². The van der Waals surface area contributed by atoms with Crippen molar-refractivity contribution in [3.63, 3.8) is 0 Å². The minimum absolute atomic E-state index is 0.435. The Morgan fingerprint density at radius 3 is 2.57 bits per heavy atom. The van der Waals surface area contributed by atoms with Crippen molar-refractivity contribution in [2.75, 3.05) is 31.1 Å². The molecule has 0 saturated carbocycles. The molecule has 7 heteroatoms. The van der Waals surface area contributed by atoms with Crippen LogP contribution in [0.5, 0.6) is 0 Å². The Kier molecular flexibility index (Phi) is 5.98. The lowest BCUT2D eigenvalue weighted by molar-refractivity contribution is 0.204. The third-order valence-electron chi connectivity index (χ3n) is 5.60. The molecule has 1 saturated heterocycles. The summed E-state index contributed by atoms with van der Waals surface area (Å²) in [5.41, 5.74) is 3.08. The highest BCUT2D eigenvalue weighted by Crippen LogP contribution is 2.24. The molecule has 2 aromatic heterocycles. The Balaban J connectivity index is 1.46. The molecular weight excluding hydrogens is 392 g/mol. The molecule has 1 aromatic carbocycles. The van der Waals surface area contributed by atoms with Gasteiger partial charge in [-0.25, -0.2) is 4.98 Å². The summed E-state index contributed by atoms with van der Waals surface area (Å²) in [6.45, 7) is 8.66. The Morgan fingerprint density at radius 2 is 1.83 bits per heavy atom. The maximum absolute atomic E-state index is 9.33. The van der Waals surface area contributed by atoms with Crippen LogP contribution in [0.25, 0.3) is 5.69 Å². The molecule has 0 spiro atoms. The molecule has 0 bridgehead atoms. The van der Waals surface area contributed by atoms with Gasteiger partial charge < -0.3 is 9.47 Å². The van der Waals surface area contributed by atoms with Crippen molar-refractivity contribution in [1.82, 2.24) is 19.0 Å². The van der Waals surface area contributed by atoms with Crippen LogP contribution in [0.4, 0.5) is 5.82 Å². The van der Waals surface area contributed by atoms with E-state index >= 15 is 0 Å². The molecule has 3 aromatic rings. The van der Waals surface area contributed by atoms with Crippen LogP contribution in [-0.4, -0.2) is 45.2 Å². The summed E-state index contributed by atoms with van der Waals surface area (Å²) in [5.74, 6) is 1.22. The second kappa shape index (κ2) is 8.82. The maximum atomic E-state index is 9.33. The fraction of sp³-hybridized carbons (Fsp3) is 0.348. The molecule has 0 radical (unpaired) electrons. The number of aromatic nitrogens is 3. The predicted octanol–water partition coefficient (Wildman–Crippen LogP) is 4.18. The van der Waals surface area contributed by atoms with Gasteiger partial charge in [0.15, 0.2) is 4.77 Å². The zero-order valence-electron chi connectivity index (χ0n) is 17.4. The van der Waals surface area contributed by atoms with E-state index in [0.717, 1.165) is 49.1 Å². The maximum Gasteiger partial charge on any atom is 0.185 e. The van der Waals surface area contributed by atoms with Gasteiger partial charge in [0.05, 0.1) is 17.9 Å². The standard InChI is InChI=1S/C23H26N6S/c1-18(2)20-7-3-4-8-21(20)29-15-14-28(23(29)30)17-26-10-12-27(13-11-26)22-19(16-24)6-5-9-25-22/h3-9,14-15,18H,10-13,17H2,1-2H3. The summed E-state index contributed by atoms with van der Waals surface area (Å²) in [5, 5.41) is 9.33. The van der Waals surface area contributed by atoms with E-state index in [1.807, 2.05) is 12.1 Å². The normalized spacial score (nSPS) is 14.8. The van der Waals surface area contributed by atoms with Crippen molar-refractivity contribution in [1.29, 1.82) is 5.26 Å². The second-order valence-electron chi connectivity index (χ2n) is 7.87. The van der Waals surface area contributed by atoms with E-state index in [0.29, 0.717) is 11.5 Å². The predicted molar refractivity (Wildman–Crippen MR) is 121 cm³/mol. The summed E-state index contributed by atoms with van der Waals surface area (Å²) in [7, 11) is 0. The number of nitriles is 1. The van der Waals surface area contributed by atoms with Crippen LogP contribution in [0.15, 0.2) is 55.0 Å². The van der Waals surface area contributed by atoms with E-state index in [9.17, 15) is 5.26 Å². The summed E-state index contributed by atoms with van der Waals surface area (Å²) >= 11 is 5.80. The zero-order chi connectivity index (χ0) is 21.1. The molecular formula is C23H26N6S. The average Bonchev–Trinajstić information content (AvgIpc) is 3.14. The minimum atomic E-state index is 0.435. The van der Waals surface area contributed by atoms with Crippen LogP contribution in [0.1, 0.15) is 30.9 Å². The third kappa shape index (κ3) is 4.02. The number of piperazine rings is 1. The quantitative estimate of drug-likeness (QED) is 0.582. The van der Waals surface area contributed by atoms with E-state index in [-0.39, 0.29) is 0 Å². The van der Waals surface area contributed by atoms with Gasteiger partial charge in [-0.15, -0.1) is 0 Å². The molecule has 0 unspecified atom stereocenters. The third-order valence-corrected chi connectivity index (χ3v) is 6.03. The lowest BCUT2D eigenvalue weighted by Gasteiger charge is -2.35. The number of para-hydroxylation sites is 1. The molecule has 1 aliphatic heterocycles. The van der Waals surface area contributed by atoms with Crippen molar-refractivity contribution in [2.24, 2.45) is 0 Å². The minimum Gasteiger partial charge on any atom is -0.353 e. The molecule has 0 aliphatic carbocycles. The van der Waals surface area contributed by atoms with Crippen molar-refractivity contribution >= 4 is 18.0 Å². The lowest BCUT2D eigenvalue weighted by atomic mass is 10.0. The Hall–Kier alpha value is -2.95. The Morgan fingerprint density at radius 1 is 1.07 bits per heavy atom. The first kappa shape index (κ1) is 20.3. The van der Waals surface area contributed by atoms with Gasteiger partial charge >= 0.3 is 0 Å². The van der Waals surface area contributed by atoms with E-state index in [1.165, 1.54) is 5.56 Å². The fourth-order valence-corrected chi connectivity index (χ4v) is 4.23. The summed E-state index contributed by atoms with van der Waals surface area (Å²) in [4.78, 5) is 9.00. The lowest BCUT2D eigenvalue weighted by Crippen LogP contribution is -2.47. The SMILES string of the molecule is CC(C)c1ccccc1-n1ccn(CN2CCN(c3ncccc3C#N)CC2)c1=S. The van der Waals surface area contributed by atoms with Crippen LogP contribution < -0.4 is 4.90 Å². The zero-order valence-corrected chi connectivity index (χ0v) is 18.2. The molecule has 6 nitrogen and oxygen atoms in total. The molecule has 1 fully saturated rings. The van der Waals surface area contributed by atoms with Gasteiger partial charge in [0.1, 0.15) is 11.9 Å². The van der Waals surface area contributed by atoms with Crippen molar-refractivity contribution in [2.45, 2.75) is 26.4 Å².